The Morgan fingerprint density at radius 2 is 2.18 bits per heavy atom. The van der Waals surface area contributed by atoms with Crippen molar-refractivity contribution in [3.63, 3.8) is 0 Å². The number of anilines is 1. The Labute approximate surface area is 161 Å². The van der Waals surface area contributed by atoms with Crippen LogP contribution in [0, 0.1) is 16.0 Å². The summed E-state index contributed by atoms with van der Waals surface area (Å²) in [7, 11) is 0. The van der Waals surface area contributed by atoms with Gasteiger partial charge in [-0.25, -0.2) is 0 Å². The molecule has 10 heteroatoms. The number of carbonyl (C=O) groups excluding carboxylic acids is 3. The van der Waals surface area contributed by atoms with E-state index in [1.165, 1.54) is 18.2 Å². The van der Waals surface area contributed by atoms with Crippen molar-refractivity contribution in [1.82, 2.24) is 4.90 Å². The minimum atomic E-state index is -0.772. The fourth-order valence-electron chi connectivity index (χ4n) is 3.30. The molecule has 10 nitrogen and oxygen atoms in total. The van der Waals surface area contributed by atoms with Crippen molar-refractivity contribution in [2.75, 3.05) is 37.7 Å². The van der Waals surface area contributed by atoms with E-state index in [9.17, 15) is 24.5 Å². The summed E-state index contributed by atoms with van der Waals surface area (Å²) in [5.41, 5.74) is -0.108. The molecule has 0 spiro atoms. The summed E-state index contributed by atoms with van der Waals surface area (Å²) in [4.78, 5) is 49.6. The summed E-state index contributed by atoms with van der Waals surface area (Å²) < 4.78 is 10.3. The number of nitro groups is 1. The molecule has 1 fully saturated rings. The highest BCUT2D eigenvalue weighted by Gasteiger charge is 2.30. The van der Waals surface area contributed by atoms with Gasteiger partial charge in [0.2, 0.25) is 0 Å². The predicted octanol–water partition coefficient (Wildman–Crippen LogP) is 1.12. The van der Waals surface area contributed by atoms with Crippen LogP contribution in [0.15, 0.2) is 18.2 Å². The standard InChI is InChI=1S/C18H21N3O7/c1-12-3-2-6-19(8-12)16(22)10-28-18(24)9-20-14-7-13(21(25)26)4-5-15(14)27-11-17(20)23/h4-5,7,12H,2-3,6,8-11H2,1H3/t12-/m0/s1. The van der Waals surface area contributed by atoms with Crippen LogP contribution in [0.1, 0.15) is 19.8 Å². The van der Waals surface area contributed by atoms with Gasteiger partial charge in [-0.3, -0.25) is 29.4 Å². The number of amides is 2. The molecule has 150 valence electrons. The first-order valence-electron chi connectivity index (χ1n) is 9.00. The monoisotopic (exact) mass is 391 g/mol. The van der Waals surface area contributed by atoms with Crippen LogP contribution in [0.2, 0.25) is 0 Å². The average Bonchev–Trinajstić information content (AvgIpc) is 2.67. The molecule has 0 unspecified atom stereocenters. The molecule has 0 saturated carbocycles. The van der Waals surface area contributed by atoms with Gasteiger partial charge in [0.1, 0.15) is 12.3 Å². The third-order valence-corrected chi connectivity index (χ3v) is 4.75. The van der Waals surface area contributed by atoms with Crippen molar-refractivity contribution >= 4 is 29.2 Å². The SMILES string of the molecule is C[C@H]1CCCN(C(=O)COC(=O)CN2C(=O)COc3ccc([N+](=O)[O-])cc32)C1. The van der Waals surface area contributed by atoms with Gasteiger partial charge in [-0.15, -0.1) is 0 Å². The van der Waals surface area contributed by atoms with E-state index in [0.717, 1.165) is 17.7 Å². The van der Waals surface area contributed by atoms with Crippen molar-refractivity contribution in [2.24, 2.45) is 5.92 Å². The lowest BCUT2D eigenvalue weighted by atomic mass is 10.0. The van der Waals surface area contributed by atoms with E-state index in [0.29, 0.717) is 19.0 Å². The van der Waals surface area contributed by atoms with E-state index < -0.39 is 30.0 Å². The van der Waals surface area contributed by atoms with E-state index in [-0.39, 0.29) is 29.6 Å². The molecule has 0 bridgehead atoms. The van der Waals surface area contributed by atoms with Crippen LogP contribution in [0.5, 0.6) is 5.75 Å². The number of fused-ring (bicyclic) bond motifs is 1. The van der Waals surface area contributed by atoms with Gasteiger partial charge in [0.05, 0.1) is 10.6 Å². The van der Waals surface area contributed by atoms with E-state index in [2.05, 4.69) is 6.92 Å². The van der Waals surface area contributed by atoms with E-state index in [1.54, 1.807) is 4.90 Å². The number of carbonyl (C=O) groups is 3. The number of esters is 1. The van der Waals surface area contributed by atoms with Crippen molar-refractivity contribution < 1.29 is 28.8 Å². The van der Waals surface area contributed by atoms with E-state index >= 15 is 0 Å². The Hall–Kier alpha value is -3.17. The third-order valence-electron chi connectivity index (χ3n) is 4.75. The maximum Gasteiger partial charge on any atom is 0.326 e. The largest absolute Gasteiger partial charge is 0.482 e. The first-order chi connectivity index (χ1) is 13.3. The molecule has 0 aromatic heterocycles. The summed E-state index contributed by atoms with van der Waals surface area (Å²) in [6.45, 7) is 2.19. The van der Waals surface area contributed by atoms with Gasteiger partial charge in [-0.1, -0.05) is 6.92 Å². The molecule has 0 aliphatic carbocycles. The maximum atomic E-state index is 12.2. The fourth-order valence-corrected chi connectivity index (χ4v) is 3.30. The molecule has 1 saturated heterocycles. The molecule has 1 atom stereocenters. The number of nitro benzene ring substituents is 1. The summed E-state index contributed by atoms with van der Waals surface area (Å²) in [5.74, 6) is -0.903. The maximum absolute atomic E-state index is 12.2. The highest BCUT2D eigenvalue weighted by Crippen LogP contribution is 2.35. The minimum Gasteiger partial charge on any atom is -0.482 e. The number of ether oxygens (including phenoxy) is 2. The van der Waals surface area contributed by atoms with Crippen LogP contribution in [-0.2, 0) is 19.1 Å². The molecule has 2 aliphatic heterocycles. The van der Waals surface area contributed by atoms with Gasteiger partial charge in [0, 0.05) is 25.2 Å². The predicted molar refractivity (Wildman–Crippen MR) is 96.9 cm³/mol. The molecule has 2 amide bonds. The zero-order valence-corrected chi connectivity index (χ0v) is 15.5. The van der Waals surface area contributed by atoms with Crippen LogP contribution in [0.25, 0.3) is 0 Å². The average molecular weight is 391 g/mol. The molecule has 1 aromatic carbocycles. The van der Waals surface area contributed by atoms with Gasteiger partial charge in [-0.05, 0) is 24.8 Å². The number of likely N-dealkylation sites (tertiary alicyclic amines) is 1. The molecule has 0 radical (unpaired) electrons. The molecule has 1 aromatic rings. The summed E-state index contributed by atoms with van der Waals surface area (Å²) in [6.07, 6.45) is 1.98. The molecular formula is C18H21N3O7. The third kappa shape index (κ3) is 4.38. The highest BCUT2D eigenvalue weighted by molar-refractivity contribution is 6.01. The van der Waals surface area contributed by atoms with Gasteiger partial charge >= 0.3 is 5.97 Å². The van der Waals surface area contributed by atoms with Gasteiger partial charge in [0.25, 0.3) is 17.5 Å². The Bertz CT molecular complexity index is 810. The van der Waals surface area contributed by atoms with Crippen LogP contribution in [0.4, 0.5) is 11.4 Å². The highest BCUT2D eigenvalue weighted by atomic mass is 16.6. The molecule has 0 N–H and O–H groups in total. The Morgan fingerprint density at radius 3 is 2.89 bits per heavy atom. The summed E-state index contributed by atoms with van der Waals surface area (Å²) >= 11 is 0. The Morgan fingerprint density at radius 1 is 1.39 bits per heavy atom. The zero-order valence-electron chi connectivity index (χ0n) is 15.5. The molecular weight excluding hydrogens is 370 g/mol. The normalized spacial score (nSPS) is 18.9. The van der Waals surface area contributed by atoms with Crippen LogP contribution < -0.4 is 9.64 Å². The number of nitrogens with zero attached hydrogens (tertiary/aromatic N) is 3. The molecule has 2 aliphatic rings. The number of piperidine rings is 1. The summed E-state index contributed by atoms with van der Waals surface area (Å²) in [5, 5.41) is 11.0. The topological polar surface area (TPSA) is 119 Å². The Balaban J connectivity index is 1.62. The van der Waals surface area contributed by atoms with Crippen LogP contribution in [-0.4, -0.2) is 60.5 Å². The Kier molecular flexibility index (Phi) is 5.76. The van der Waals surface area contributed by atoms with E-state index in [1.807, 2.05) is 0 Å². The number of non-ortho nitro benzene ring substituents is 1. The van der Waals surface area contributed by atoms with Gasteiger partial charge in [0.15, 0.2) is 13.2 Å². The number of hydrogen-bond donors (Lipinski definition) is 0. The van der Waals surface area contributed by atoms with Crippen molar-refractivity contribution in [3.8, 4) is 5.75 Å². The smallest absolute Gasteiger partial charge is 0.326 e. The number of benzene rings is 1. The quantitative estimate of drug-likeness (QED) is 0.419. The lowest BCUT2D eigenvalue weighted by Gasteiger charge is -2.31. The zero-order chi connectivity index (χ0) is 20.3. The molecule has 2 heterocycles. The van der Waals surface area contributed by atoms with Crippen molar-refractivity contribution in [3.05, 3.63) is 28.3 Å². The second-order valence-corrected chi connectivity index (χ2v) is 6.93. The first-order valence-corrected chi connectivity index (χ1v) is 9.00. The van der Waals surface area contributed by atoms with Crippen LogP contribution >= 0.6 is 0 Å². The van der Waals surface area contributed by atoms with Crippen molar-refractivity contribution in [1.29, 1.82) is 0 Å². The van der Waals surface area contributed by atoms with Crippen LogP contribution in [0.3, 0.4) is 0 Å². The molecule has 28 heavy (non-hydrogen) atoms. The second kappa shape index (κ2) is 8.24. The molecule has 3 rings (SSSR count). The fraction of sp³-hybridized carbons (Fsp3) is 0.500. The first kappa shape index (κ1) is 19.6. The number of rotatable bonds is 5. The second-order valence-electron chi connectivity index (χ2n) is 6.93. The lowest BCUT2D eigenvalue weighted by Crippen LogP contribution is -2.44. The minimum absolute atomic E-state index is 0.124. The van der Waals surface area contributed by atoms with Gasteiger partial charge < -0.3 is 14.4 Å². The number of hydrogen-bond acceptors (Lipinski definition) is 7. The summed E-state index contributed by atoms with van der Waals surface area (Å²) in [6, 6.07) is 3.79. The van der Waals surface area contributed by atoms with Crippen molar-refractivity contribution in [2.45, 2.75) is 19.8 Å². The van der Waals surface area contributed by atoms with Gasteiger partial charge in [-0.2, -0.15) is 0 Å². The lowest BCUT2D eigenvalue weighted by molar-refractivity contribution is -0.384. The van der Waals surface area contributed by atoms with E-state index in [4.69, 9.17) is 9.47 Å².